The van der Waals surface area contributed by atoms with Gasteiger partial charge in [0.2, 0.25) is 0 Å². The lowest BCUT2D eigenvalue weighted by molar-refractivity contribution is 0.0543. The van der Waals surface area contributed by atoms with Crippen molar-refractivity contribution >= 4 is 0 Å². The van der Waals surface area contributed by atoms with Gasteiger partial charge in [0.25, 0.3) is 0 Å². The van der Waals surface area contributed by atoms with E-state index in [-0.39, 0.29) is 0 Å². The van der Waals surface area contributed by atoms with E-state index in [0.29, 0.717) is 0 Å². The molecule has 0 atom stereocenters. The first-order chi connectivity index (χ1) is 25.1. The molecule has 0 bridgehead atoms. The normalized spacial score (nSPS) is 12.1. The molecule has 0 aliphatic heterocycles. The van der Waals surface area contributed by atoms with Gasteiger partial charge in [-0.2, -0.15) is 0 Å². The second-order valence-corrected chi connectivity index (χ2v) is 12.6. The molecule has 0 aliphatic rings. The van der Waals surface area contributed by atoms with Crippen molar-refractivity contribution in [2.75, 3.05) is 21.3 Å². The lowest BCUT2D eigenvalue weighted by Gasteiger charge is -2.38. The number of rotatable bonds is 12. The third-order valence-corrected chi connectivity index (χ3v) is 10.2. The molecule has 0 N–H and O–H groups in total. The Morgan fingerprint density at radius 1 is 0.216 bits per heavy atom. The Bertz CT molecular complexity index is 1900. The summed E-state index contributed by atoms with van der Waals surface area (Å²) in [6.45, 7) is 0. The average molecular weight is 667 g/mol. The van der Waals surface area contributed by atoms with Crippen LogP contribution in [0.2, 0.25) is 0 Å². The molecule has 3 nitrogen and oxygen atoms in total. The standard InChI is InChI=1S/C48H42O3/c1-49-46(37-19-9-4-10-20-37,38-21-11-5-12-22-38)42-29-33-44(34-30-42)48(51-3,41-27-17-8-18-28-41)45-35-31-43(32-36-45)47(50-2,39-23-13-6-14-24-39)40-25-15-7-16-26-40/h4-36H,1-3H3. The first kappa shape index (κ1) is 33.9. The van der Waals surface area contributed by atoms with E-state index in [2.05, 4.69) is 170 Å². The van der Waals surface area contributed by atoms with Gasteiger partial charge >= 0.3 is 0 Å². The number of ether oxygens (including phenoxy) is 3. The number of benzene rings is 7. The van der Waals surface area contributed by atoms with Gasteiger partial charge in [-0.1, -0.05) is 200 Å². The van der Waals surface area contributed by atoms with E-state index in [0.717, 1.165) is 50.1 Å². The lowest BCUT2D eigenvalue weighted by Crippen LogP contribution is -2.34. The molecular weight excluding hydrogens is 625 g/mol. The predicted octanol–water partition coefficient (Wildman–Crippen LogP) is 10.5. The van der Waals surface area contributed by atoms with Crippen molar-refractivity contribution in [1.29, 1.82) is 0 Å². The van der Waals surface area contributed by atoms with Crippen LogP contribution in [-0.2, 0) is 31.0 Å². The highest BCUT2D eigenvalue weighted by atomic mass is 16.5. The molecule has 0 aromatic heterocycles. The molecule has 0 spiro atoms. The Morgan fingerprint density at radius 2 is 0.353 bits per heavy atom. The van der Waals surface area contributed by atoms with Crippen molar-refractivity contribution in [2.24, 2.45) is 0 Å². The minimum atomic E-state index is -0.900. The number of hydrogen-bond acceptors (Lipinski definition) is 3. The Hall–Kier alpha value is -5.58. The SMILES string of the molecule is COC(c1ccccc1)(c1ccccc1)c1ccc(C(OC)(c2ccccc2)c2ccc(C(OC)(c3ccccc3)c3ccccc3)cc2)cc1. The van der Waals surface area contributed by atoms with Gasteiger partial charge in [-0.15, -0.1) is 0 Å². The van der Waals surface area contributed by atoms with Crippen molar-refractivity contribution in [3.63, 3.8) is 0 Å². The first-order valence-corrected chi connectivity index (χ1v) is 17.3. The van der Waals surface area contributed by atoms with E-state index in [4.69, 9.17) is 14.2 Å². The molecule has 7 rings (SSSR count). The fraction of sp³-hybridized carbons (Fsp3) is 0.125. The molecule has 51 heavy (non-hydrogen) atoms. The molecule has 0 radical (unpaired) electrons. The van der Waals surface area contributed by atoms with Gasteiger partial charge in [-0.05, 0) is 50.1 Å². The van der Waals surface area contributed by atoms with Gasteiger partial charge in [0.05, 0.1) is 0 Å². The quantitative estimate of drug-likeness (QED) is 0.122. The van der Waals surface area contributed by atoms with Gasteiger partial charge in [-0.25, -0.2) is 0 Å². The Balaban J connectivity index is 1.38. The zero-order valence-electron chi connectivity index (χ0n) is 29.3. The van der Waals surface area contributed by atoms with Crippen molar-refractivity contribution in [3.05, 3.63) is 250 Å². The average Bonchev–Trinajstić information content (AvgIpc) is 3.22. The van der Waals surface area contributed by atoms with E-state index in [1.165, 1.54) is 0 Å². The van der Waals surface area contributed by atoms with Crippen LogP contribution in [-0.4, -0.2) is 21.3 Å². The summed E-state index contributed by atoms with van der Waals surface area (Å²) in [5.74, 6) is 0. The Kier molecular flexibility index (Phi) is 9.78. The minimum Gasteiger partial charge on any atom is -0.364 e. The summed E-state index contributed by atoms with van der Waals surface area (Å²) in [6, 6.07) is 69.4. The predicted molar refractivity (Wildman–Crippen MR) is 206 cm³/mol. The van der Waals surface area contributed by atoms with Crippen LogP contribution in [0.25, 0.3) is 0 Å². The molecule has 0 unspecified atom stereocenters. The zero-order valence-corrected chi connectivity index (χ0v) is 29.3. The largest absolute Gasteiger partial charge is 0.364 e. The monoisotopic (exact) mass is 666 g/mol. The summed E-state index contributed by atoms with van der Waals surface area (Å²) in [6.07, 6.45) is 0. The van der Waals surface area contributed by atoms with Crippen LogP contribution < -0.4 is 0 Å². The summed E-state index contributed by atoms with van der Waals surface area (Å²) in [5.41, 5.74) is 6.80. The highest BCUT2D eigenvalue weighted by molar-refractivity contribution is 5.54. The molecule has 7 aromatic rings. The van der Waals surface area contributed by atoms with E-state index in [1.54, 1.807) is 21.3 Å². The fourth-order valence-electron chi connectivity index (χ4n) is 7.80. The molecule has 0 saturated heterocycles. The van der Waals surface area contributed by atoms with Crippen molar-refractivity contribution in [1.82, 2.24) is 0 Å². The number of methoxy groups -OCH3 is 3. The third-order valence-electron chi connectivity index (χ3n) is 10.2. The van der Waals surface area contributed by atoms with E-state index < -0.39 is 16.8 Å². The maximum absolute atomic E-state index is 6.68. The second kappa shape index (κ2) is 14.7. The maximum atomic E-state index is 6.68. The zero-order chi connectivity index (χ0) is 35.2. The Labute approximate surface area is 301 Å². The van der Waals surface area contributed by atoms with Crippen LogP contribution in [0.3, 0.4) is 0 Å². The van der Waals surface area contributed by atoms with E-state index >= 15 is 0 Å². The highest BCUT2D eigenvalue weighted by Crippen LogP contribution is 2.45. The van der Waals surface area contributed by atoms with Crippen LogP contribution >= 0.6 is 0 Å². The van der Waals surface area contributed by atoms with Gasteiger partial charge in [-0.3, -0.25) is 0 Å². The molecule has 3 heteroatoms. The van der Waals surface area contributed by atoms with Gasteiger partial charge in [0, 0.05) is 21.3 Å². The molecule has 0 saturated carbocycles. The molecule has 0 amide bonds. The third kappa shape index (κ3) is 5.80. The fourth-order valence-corrected chi connectivity index (χ4v) is 7.80. The molecule has 0 aliphatic carbocycles. The Morgan fingerprint density at radius 3 is 0.490 bits per heavy atom. The summed E-state index contributed by atoms with van der Waals surface area (Å²) in [4.78, 5) is 0. The second-order valence-electron chi connectivity index (χ2n) is 12.6. The minimum absolute atomic E-state index is 0.802. The molecule has 252 valence electrons. The van der Waals surface area contributed by atoms with Crippen LogP contribution in [0.15, 0.2) is 200 Å². The van der Waals surface area contributed by atoms with Crippen molar-refractivity contribution in [2.45, 2.75) is 16.8 Å². The first-order valence-electron chi connectivity index (χ1n) is 17.3. The molecular formula is C48H42O3. The van der Waals surface area contributed by atoms with Crippen LogP contribution in [0, 0.1) is 0 Å². The smallest absolute Gasteiger partial charge is 0.143 e. The lowest BCUT2D eigenvalue weighted by atomic mass is 9.75. The van der Waals surface area contributed by atoms with Crippen LogP contribution in [0.1, 0.15) is 50.1 Å². The summed E-state index contributed by atoms with van der Waals surface area (Å²) in [7, 11) is 5.35. The van der Waals surface area contributed by atoms with Gasteiger partial charge in [0.1, 0.15) is 16.8 Å². The maximum Gasteiger partial charge on any atom is 0.143 e. The topological polar surface area (TPSA) is 27.7 Å². The summed E-state index contributed by atoms with van der Waals surface area (Å²) >= 11 is 0. The van der Waals surface area contributed by atoms with Crippen LogP contribution in [0.4, 0.5) is 0 Å². The van der Waals surface area contributed by atoms with Gasteiger partial charge < -0.3 is 14.2 Å². The summed E-state index contributed by atoms with van der Waals surface area (Å²) in [5, 5.41) is 0. The van der Waals surface area contributed by atoms with Crippen LogP contribution in [0.5, 0.6) is 0 Å². The van der Waals surface area contributed by atoms with Gasteiger partial charge in [0.15, 0.2) is 0 Å². The molecule has 0 heterocycles. The van der Waals surface area contributed by atoms with E-state index in [1.807, 2.05) is 30.3 Å². The van der Waals surface area contributed by atoms with Crippen molar-refractivity contribution in [3.8, 4) is 0 Å². The van der Waals surface area contributed by atoms with Crippen molar-refractivity contribution < 1.29 is 14.2 Å². The summed E-state index contributed by atoms with van der Waals surface area (Å²) < 4.78 is 19.7. The van der Waals surface area contributed by atoms with E-state index in [9.17, 15) is 0 Å². The molecule has 0 fully saturated rings. The highest BCUT2D eigenvalue weighted by Gasteiger charge is 2.41. The number of hydrogen-bond donors (Lipinski definition) is 0. The molecule has 7 aromatic carbocycles.